The molecule has 0 amide bonds. The molecule has 1 aromatic carbocycles. The predicted octanol–water partition coefficient (Wildman–Crippen LogP) is 1.82. The molecular weight excluding hydrogens is 337 g/mol. The van der Waals surface area contributed by atoms with E-state index in [2.05, 4.69) is 0 Å². The van der Waals surface area contributed by atoms with Crippen LogP contribution in [0.4, 0.5) is 13.2 Å². The molecule has 5 atom stereocenters. The van der Waals surface area contributed by atoms with Gasteiger partial charge in [-0.15, -0.1) is 0 Å². The molecule has 0 spiro atoms. The molecule has 0 radical (unpaired) electrons. The maximum Gasteiger partial charge on any atom is 0.389 e. The highest BCUT2D eigenvalue weighted by atomic mass is 19.4. The normalized spacial score (nSPS) is 33.9. The summed E-state index contributed by atoms with van der Waals surface area (Å²) in [4.78, 5) is 1.84. The van der Waals surface area contributed by atoms with Gasteiger partial charge in [0.15, 0.2) is 6.29 Å². The molecule has 0 bridgehead atoms. The molecule has 3 rings (SSSR count). The number of fused-ring (bicyclic) bond motifs is 1. The Morgan fingerprint density at radius 1 is 1.24 bits per heavy atom. The van der Waals surface area contributed by atoms with E-state index < -0.39 is 37.1 Å². The molecule has 2 fully saturated rings. The van der Waals surface area contributed by atoms with Crippen LogP contribution in [0.1, 0.15) is 24.7 Å². The van der Waals surface area contributed by atoms with Crippen molar-refractivity contribution in [2.45, 2.75) is 49.6 Å². The number of aliphatic hydroxyl groups is 1. The summed E-state index contributed by atoms with van der Waals surface area (Å²) in [7, 11) is 0. The van der Waals surface area contributed by atoms with Crippen LogP contribution in [0.25, 0.3) is 0 Å². The van der Waals surface area contributed by atoms with E-state index in [1.165, 1.54) is 0 Å². The molecule has 2 aliphatic heterocycles. The smallest absolute Gasteiger partial charge is 0.389 e. The van der Waals surface area contributed by atoms with Gasteiger partial charge in [-0.1, -0.05) is 30.3 Å². The summed E-state index contributed by atoms with van der Waals surface area (Å²) in [6, 6.07) is 8.46. The summed E-state index contributed by atoms with van der Waals surface area (Å²) in [5.41, 5.74) is 6.81. The van der Waals surface area contributed by atoms with Gasteiger partial charge in [0.1, 0.15) is 6.10 Å². The Kier molecular flexibility index (Phi) is 5.65. The Morgan fingerprint density at radius 2 is 1.96 bits per heavy atom. The van der Waals surface area contributed by atoms with Gasteiger partial charge in [-0.2, -0.15) is 13.2 Å². The van der Waals surface area contributed by atoms with Gasteiger partial charge in [0.25, 0.3) is 0 Å². The van der Waals surface area contributed by atoms with Crippen molar-refractivity contribution in [3.8, 4) is 0 Å². The van der Waals surface area contributed by atoms with Crippen molar-refractivity contribution in [1.82, 2.24) is 4.90 Å². The fourth-order valence-electron chi connectivity index (χ4n) is 3.46. The number of hydrogen-bond donors (Lipinski definition) is 2. The van der Waals surface area contributed by atoms with Crippen LogP contribution < -0.4 is 5.73 Å². The zero-order valence-electron chi connectivity index (χ0n) is 13.7. The third-order valence-electron chi connectivity index (χ3n) is 4.75. The van der Waals surface area contributed by atoms with Gasteiger partial charge in [0, 0.05) is 24.6 Å². The molecule has 2 aliphatic rings. The highest BCUT2D eigenvalue weighted by Gasteiger charge is 2.46. The number of halogens is 3. The van der Waals surface area contributed by atoms with Gasteiger partial charge in [0.05, 0.1) is 18.8 Å². The molecule has 8 heteroatoms. The summed E-state index contributed by atoms with van der Waals surface area (Å²) in [6.45, 7) is 0.840. The summed E-state index contributed by atoms with van der Waals surface area (Å²) in [5.74, 6) is 0. The van der Waals surface area contributed by atoms with Crippen molar-refractivity contribution >= 4 is 0 Å². The lowest BCUT2D eigenvalue weighted by Crippen LogP contribution is -2.67. The van der Waals surface area contributed by atoms with E-state index in [-0.39, 0.29) is 25.6 Å². The molecular formula is C17H23F3N2O3. The van der Waals surface area contributed by atoms with Crippen molar-refractivity contribution in [2.75, 3.05) is 19.7 Å². The van der Waals surface area contributed by atoms with Crippen LogP contribution in [0.15, 0.2) is 30.3 Å². The van der Waals surface area contributed by atoms with Crippen molar-refractivity contribution in [1.29, 1.82) is 0 Å². The molecule has 5 nitrogen and oxygen atoms in total. The first-order valence-corrected chi connectivity index (χ1v) is 8.41. The second-order valence-corrected chi connectivity index (χ2v) is 6.61. The number of aliphatic hydroxyl groups excluding tert-OH is 1. The van der Waals surface area contributed by atoms with Gasteiger partial charge in [-0.25, -0.2) is 0 Å². The maximum atomic E-state index is 12.4. The van der Waals surface area contributed by atoms with Crippen LogP contribution in [0, 0.1) is 0 Å². The van der Waals surface area contributed by atoms with Gasteiger partial charge < -0.3 is 20.3 Å². The summed E-state index contributed by atoms with van der Waals surface area (Å²) in [6.07, 6.45) is -7.11. The third kappa shape index (κ3) is 4.51. The van der Waals surface area contributed by atoms with Gasteiger partial charge >= 0.3 is 6.18 Å². The average molecular weight is 360 g/mol. The summed E-state index contributed by atoms with van der Waals surface area (Å²) in [5, 5.41) is 10.4. The zero-order valence-corrected chi connectivity index (χ0v) is 13.7. The fraction of sp³-hybridized carbons (Fsp3) is 0.647. The van der Waals surface area contributed by atoms with Crippen LogP contribution in [-0.4, -0.2) is 60.2 Å². The minimum Gasteiger partial charge on any atom is -0.389 e. The number of nitrogens with two attached hydrogens (primary N) is 1. The minimum absolute atomic E-state index is 0.0162. The number of rotatable bonds is 4. The Hall–Kier alpha value is -1.19. The fourth-order valence-corrected chi connectivity index (χ4v) is 3.46. The van der Waals surface area contributed by atoms with Crippen LogP contribution >= 0.6 is 0 Å². The first-order chi connectivity index (χ1) is 11.8. The average Bonchev–Trinajstić information content (AvgIpc) is 2.58. The molecule has 2 saturated heterocycles. The second-order valence-electron chi connectivity index (χ2n) is 6.61. The predicted molar refractivity (Wildman–Crippen MR) is 84.6 cm³/mol. The molecule has 3 N–H and O–H groups in total. The van der Waals surface area contributed by atoms with Crippen molar-refractivity contribution < 1.29 is 27.8 Å². The number of benzene rings is 1. The van der Waals surface area contributed by atoms with E-state index in [0.717, 1.165) is 5.56 Å². The second kappa shape index (κ2) is 7.59. The number of ether oxygens (including phenoxy) is 2. The maximum absolute atomic E-state index is 12.4. The largest absolute Gasteiger partial charge is 0.389 e. The van der Waals surface area contributed by atoms with Gasteiger partial charge in [-0.05, 0) is 13.0 Å². The van der Waals surface area contributed by atoms with Crippen LogP contribution in [-0.2, 0) is 9.47 Å². The zero-order chi connectivity index (χ0) is 18.0. The first kappa shape index (κ1) is 18.6. The third-order valence-corrected chi connectivity index (χ3v) is 4.75. The molecule has 25 heavy (non-hydrogen) atoms. The van der Waals surface area contributed by atoms with Gasteiger partial charge in [-0.3, -0.25) is 4.90 Å². The number of piperidine rings is 1. The van der Waals surface area contributed by atoms with E-state index >= 15 is 0 Å². The lowest BCUT2D eigenvalue weighted by atomic mass is 9.91. The molecule has 0 aliphatic carbocycles. The Labute approximate surface area is 144 Å². The number of alkyl halides is 3. The highest BCUT2D eigenvalue weighted by molar-refractivity contribution is 5.17. The summed E-state index contributed by atoms with van der Waals surface area (Å²) < 4.78 is 48.8. The van der Waals surface area contributed by atoms with Crippen LogP contribution in [0.3, 0.4) is 0 Å². The molecule has 140 valence electrons. The standard InChI is InChI=1S/C17H23F3N2O3/c18-17(19,20)7-4-8-22-9-12(21)14(23)15-13(22)10-24-16(25-15)11-5-2-1-3-6-11/h1-3,5-6,12-16,23H,4,7-10,21H2/t12-,13+,14+,15+,16+/m0/s1. The van der Waals surface area contributed by atoms with Crippen LogP contribution in [0.5, 0.6) is 0 Å². The first-order valence-electron chi connectivity index (χ1n) is 8.41. The molecule has 0 saturated carbocycles. The molecule has 0 aromatic heterocycles. The number of hydrogen-bond acceptors (Lipinski definition) is 5. The Bertz CT molecular complexity index is 558. The lowest BCUT2D eigenvalue weighted by Gasteiger charge is -2.49. The van der Waals surface area contributed by atoms with E-state index in [4.69, 9.17) is 15.2 Å². The number of likely N-dealkylation sites (tertiary alicyclic amines) is 1. The SMILES string of the molecule is N[C@H]1CN(CCCC(F)(F)F)[C@@H]2CO[C@@H](c3ccccc3)O[C@H]2[C@@H]1O. The van der Waals surface area contributed by atoms with Gasteiger partial charge in [0.2, 0.25) is 0 Å². The molecule has 2 heterocycles. The quantitative estimate of drug-likeness (QED) is 0.857. The number of nitrogens with zero attached hydrogens (tertiary/aromatic N) is 1. The molecule has 1 aromatic rings. The lowest BCUT2D eigenvalue weighted by molar-refractivity contribution is -0.277. The van der Waals surface area contributed by atoms with Crippen LogP contribution in [0.2, 0.25) is 0 Å². The van der Waals surface area contributed by atoms with E-state index in [0.29, 0.717) is 6.54 Å². The van der Waals surface area contributed by atoms with Crippen molar-refractivity contribution in [3.63, 3.8) is 0 Å². The van der Waals surface area contributed by atoms with Crippen molar-refractivity contribution in [3.05, 3.63) is 35.9 Å². The van der Waals surface area contributed by atoms with Crippen molar-refractivity contribution in [2.24, 2.45) is 5.73 Å². The summed E-state index contributed by atoms with van der Waals surface area (Å²) >= 11 is 0. The monoisotopic (exact) mass is 360 g/mol. The highest BCUT2D eigenvalue weighted by Crippen LogP contribution is 2.33. The van der Waals surface area contributed by atoms with E-state index in [9.17, 15) is 18.3 Å². The Balaban J connectivity index is 1.66. The topological polar surface area (TPSA) is 68.0 Å². The minimum atomic E-state index is -4.17. The molecule has 0 unspecified atom stereocenters. The van der Waals surface area contributed by atoms with E-state index in [1.54, 1.807) is 0 Å². The van der Waals surface area contributed by atoms with E-state index in [1.807, 2.05) is 35.2 Å². The Morgan fingerprint density at radius 3 is 2.64 bits per heavy atom.